The van der Waals surface area contributed by atoms with Crippen LogP contribution in [0.2, 0.25) is 0 Å². The van der Waals surface area contributed by atoms with Crippen LogP contribution >= 0.6 is 0 Å². The summed E-state index contributed by atoms with van der Waals surface area (Å²) in [6.45, 7) is 4.64. The van der Waals surface area contributed by atoms with Gasteiger partial charge in [-0.1, -0.05) is 0 Å². The molecule has 126 valence electrons. The quantitative estimate of drug-likeness (QED) is 0.579. The molecule has 0 heterocycles. The van der Waals surface area contributed by atoms with Crippen LogP contribution in [-0.4, -0.2) is 39.4 Å². The Bertz CT molecular complexity index is 582. The van der Waals surface area contributed by atoms with Gasteiger partial charge in [0, 0.05) is 6.07 Å². The van der Waals surface area contributed by atoms with E-state index in [-0.39, 0.29) is 5.70 Å². The Morgan fingerprint density at radius 2 is 1.78 bits per heavy atom. The maximum atomic E-state index is 11.8. The van der Waals surface area contributed by atoms with Crippen molar-refractivity contribution < 1.29 is 28.5 Å². The first kappa shape index (κ1) is 18.3. The van der Waals surface area contributed by atoms with Crippen molar-refractivity contribution >= 4 is 17.6 Å². The topological polar surface area (TPSA) is 83.1 Å². The van der Waals surface area contributed by atoms with Crippen LogP contribution in [0.1, 0.15) is 13.8 Å². The normalized spacial score (nSPS) is 10.7. The second-order valence-electron chi connectivity index (χ2n) is 4.22. The number of esters is 2. The van der Waals surface area contributed by atoms with E-state index in [0.29, 0.717) is 30.4 Å². The van der Waals surface area contributed by atoms with Crippen molar-refractivity contribution in [3.05, 3.63) is 30.0 Å². The number of rotatable bonds is 8. The number of hydrogen-bond donors (Lipinski definition) is 1. The van der Waals surface area contributed by atoms with Crippen molar-refractivity contribution in [2.75, 3.05) is 32.8 Å². The maximum absolute atomic E-state index is 11.8. The van der Waals surface area contributed by atoms with Gasteiger partial charge in [-0.25, -0.2) is 9.59 Å². The second-order valence-corrected chi connectivity index (χ2v) is 4.22. The van der Waals surface area contributed by atoms with E-state index in [1.54, 1.807) is 18.2 Å². The van der Waals surface area contributed by atoms with E-state index in [2.05, 4.69) is 14.8 Å². The van der Waals surface area contributed by atoms with Gasteiger partial charge in [0.1, 0.15) is 17.2 Å². The van der Waals surface area contributed by atoms with Gasteiger partial charge in [-0.2, -0.15) is 0 Å². The second kappa shape index (κ2) is 9.34. The average Bonchev–Trinajstić information content (AvgIpc) is 2.56. The van der Waals surface area contributed by atoms with Crippen LogP contribution in [0, 0.1) is 0 Å². The minimum absolute atomic E-state index is 0.0750. The summed E-state index contributed by atoms with van der Waals surface area (Å²) in [7, 11) is 2.43. The molecule has 0 bridgehead atoms. The van der Waals surface area contributed by atoms with Gasteiger partial charge < -0.3 is 24.3 Å². The highest BCUT2D eigenvalue weighted by molar-refractivity contribution is 5.99. The minimum atomic E-state index is -0.709. The number of methoxy groups -OCH3 is 2. The van der Waals surface area contributed by atoms with E-state index in [9.17, 15) is 9.59 Å². The Morgan fingerprint density at radius 1 is 1.09 bits per heavy atom. The molecule has 0 aliphatic heterocycles. The fourth-order valence-electron chi connectivity index (χ4n) is 1.72. The molecule has 0 aliphatic carbocycles. The molecule has 1 aromatic rings. The van der Waals surface area contributed by atoms with Crippen LogP contribution in [0.4, 0.5) is 5.69 Å². The van der Waals surface area contributed by atoms with Crippen LogP contribution in [0.25, 0.3) is 0 Å². The van der Waals surface area contributed by atoms with E-state index in [1.807, 2.05) is 13.8 Å². The fourth-order valence-corrected chi connectivity index (χ4v) is 1.72. The standard InChI is InChI=1S/C16H21NO6/c1-5-22-11-7-8-14(23-6-2)12(9-11)17-13(16(19)21-4)10-15(18)20-3/h7-10,17H,5-6H2,1-4H3/b13-10+. The molecule has 1 N–H and O–H groups in total. The molecule has 7 nitrogen and oxygen atoms in total. The van der Waals surface area contributed by atoms with Crippen LogP contribution in [-0.2, 0) is 19.1 Å². The van der Waals surface area contributed by atoms with Crippen molar-refractivity contribution in [3.63, 3.8) is 0 Å². The number of carbonyl (C=O) groups is 2. The first-order valence-corrected chi connectivity index (χ1v) is 7.10. The van der Waals surface area contributed by atoms with E-state index < -0.39 is 11.9 Å². The number of benzene rings is 1. The molecule has 0 amide bonds. The molecule has 0 atom stereocenters. The smallest absolute Gasteiger partial charge is 0.354 e. The van der Waals surface area contributed by atoms with Crippen molar-refractivity contribution in [1.82, 2.24) is 0 Å². The molecule has 0 saturated carbocycles. The van der Waals surface area contributed by atoms with Crippen molar-refractivity contribution in [1.29, 1.82) is 0 Å². The highest BCUT2D eigenvalue weighted by Gasteiger charge is 2.15. The summed E-state index contributed by atoms with van der Waals surface area (Å²) < 4.78 is 20.1. The summed E-state index contributed by atoms with van der Waals surface area (Å²) in [6, 6.07) is 5.13. The molecule has 0 radical (unpaired) electrons. The monoisotopic (exact) mass is 323 g/mol. The minimum Gasteiger partial charge on any atom is -0.494 e. The Balaban J connectivity index is 3.18. The number of nitrogens with one attached hydrogen (secondary N) is 1. The van der Waals surface area contributed by atoms with Gasteiger partial charge in [0.2, 0.25) is 0 Å². The van der Waals surface area contributed by atoms with Crippen LogP contribution in [0.15, 0.2) is 30.0 Å². The van der Waals surface area contributed by atoms with Gasteiger partial charge in [0.05, 0.1) is 39.2 Å². The number of ether oxygens (including phenoxy) is 4. The summed E-state index contributed by atoms with van der Waals surface area (Å²) in [6.07, 6.45) is 1.01. The molecule has 1 rings (SSSR count). The largest absolute Gasteiger partial charge is 0.494 e. The zero-order valence-electron chi connectivity index (χ0n) is 13.7. The van der Waals surface area contributed by atoms with Crippen LogP contribution in [0.3, 0.4) is 0 Å². The molecule has 0 spiro atoms. The summed E-state index contributed by atoms with van der Waals surface area (Å²) in [5, 5.41) is 2.83. The van der Waals surface area contributed by atoms with E-state index in [0.717, 1.165) is 6.08 Å². The lowest BCUT2D eigenvalue weighted by Gasteiger charge is -2.15. The summed E-state index contributed by atoms with van der Waals surface area (Å²) in [5.41, 5.74) is 0.396. The first-order chi connectivity index (χ1) is 11.0. The predicted octanol–water partition coefficient (Wildman–Crippen LogP) is 2.13. The van der Waals surface area contributed by atoms with E-state index in [4.69, 9.17) is 9.47 Å². The highest BCUT2D eigenvalue weighted by atomic mass is 16.5. The molecule has 0 aliphatic rings. The summed E-state index contributed by atoms with van der Waals surface area (Å²) in [4.78, 5) is 23.2. The molecular formula is C16H21NO6. The lowest BCUT2D eigenvalue weighted by Crippen LogP contribution is -2.16. The van der Waals surface area contributed by atoms with Gasteiger partial charge in [-0.05, 0) is 26.0 Å². The lowest BCUT2D eigenvalue weighted by atomic mass is 10.2. The molecule has 0 unspecified atom stereocenters. The summed E-state index contributed by atoms with van der Waals surface area (Å²) in [5.74, 6) is -0.284. The van der Waals surface area contributed by atoms with Crippen LogP contribution < -0.4 is 14.8 Å². The maximum Gasteiger partial charge on any atom is 0.354 e. The average molecular weight is 323 g/mol. The van der Waals surface area contributed by atoms with E-state index in [1.165, 1.54) is 14.2 Å². The Labute approximate surface area is 135 Å². The first-order valence-electron chi connectivity index (χ1n) is 7.10. The van der Waals surface area contributed by atoms with Gasteiger partial charge in [-0.3, -0.25) is 0 Å². The van der Waals surface area contributed by atoms with E-state index >= 15 is 0 Å². The molecule has 0 aromatic heterocycles. The van der Waals surface area contributed by atoms with Gasteiger partial charge in [-0.15, -0.1) is 0 Å². The third-order valence-electron chi connectivity index (χ3n) is 2.70. The zero-order chi connectivity index (χ0) is 17.2. The SMILES string of the molecule is CCOc1ccc(OCC)c(N/C(=C/C(=O)OC)C(=O)OC)c1. The Kier molecular flexibility index (Phi) is 7.45. The fraction of sp³-hybridized carbons (Fsp3) is 0.375. The third kappa shape index (κ3) is 5.54. The zero-order valence-corrected chi connectivity index (χ0v) is 13.7. The van der Waals surface area contributed by atoms with Crippen molar-refractivity contribution in [3.8, 4) is 11.5 Å². The van der Waals surface area contributed by atoms with Gasteiger partial charge in [0.25, 0.3) is 0 Å². The van der Waals surface area contributed by atoms with Crippen LogP contribution in [0.5, 0.6) is 11.5 Å². The van der Waals surface area contributed by atoms with Crippen molar-refractivity contribution in [2.45, 2.75) is 13.8 Å². The Morgan fingerprint density at radius 3 is 2.35 bits per heavy atom. The number of hydrogen-bond acceptors (Lipinski definition) is 7. The summed E-state index contributed by atoms with van der Waals surface area (Å²) >= 11 is 0. The molecule has 1 aromatic carbocycles. The molecule has 0 saturated heterocycles. The molecule has 0 fully saturated rings. The number of anilines is 1. The highest BCUT2D eigenvalue weighted by Crippen LogP contribution is 2.30. The predicted molar refractivity (Wildman–Crippen MR) is 84.5 cm³/mol. The van der Waals surface area contributed by atoms with Gasteiger partial charge in [0.15, 0.2) is 0 Å². The molecular weight excluding hydrogens is 302 g/mol. The molecule has 23 heavy (non-hydrogen) atoms. The molecule has 7 heteroatoms. The third-order valence-corrected chi connectivity index (χ3v) is 2.70. The lowest BCUT2D eigenvalue weighted by molar-refractivity contribution is -0.138. The van der Waals surface area contributed by atoms with Gasteiger partial charge >= 0.3 is 11.9 Å². The number of carbonyl (C=O) groups excluding carboxylic acids is 2. The Hall–Kier alpha value is -2.70. The van der Waals surface area contributed by atoms with Crippen molar-refractivity contribution in [2.24, 2.45) is 0 Å².